The number of carbonyl (C=O) groups is 1. The molecule has 2 unspecified atom stereocenters. The number of carbonyl (C=O) groups excluding carboxylic acids is 1. The number of nitrogens with zero attached hydrogens (tertiary/aromatic N) is 2. The SMILES string of the molecule is CN1CC2CC1C(=O)N2c1cccc(CN)c1. The van der Waals surface area contributed by atoms with E-state index in [1.54, 1.807) is 0 Å². The first kappa shape index (κ1) is 10.7. The average Bonchev–Trinajstić information content (AvgIpc) is 2.85. The maximum Gasteiger partial charge on any atom is 0.244 e. The molecule has 4 heteroatoms. The predicted octanol–water partition coefficient (Wildman–Crippen LogP) is 0.565. The molecule has 0 aromatic heterocycles. The molecule has 1 aromatic rings. The van der Waals surface area contributed by atoms with E-state index in [0.717, 1.165) is 24.2 Å². The zero-order valence-corrected chi connectivity index (χ0v) is 9.97. The number of hydrogen-bond donors (Lipinski definition) is 1. The van der Waals surface area contributed by atoms with Crippen LogP contribution in [0.2, 0.25) is 0 Å². The molecule has 17 heavy (non-hydrogen) atoms. The Hall–Kier alpha value is -1.39. The van der Waals surface area contributed by atoms with Gasteiger partial charge in [0.15, 0.2) is 0 Å². The number of likely N-dealkylation sites (tertiary alicyclic amines) is 1. The highest BCUT2D eigenvalue weighted by Crippen LogP contribution is 2.34. The fraction of sp³-hybridized carbons (Fsp3) is 0.462. The van der Waals surface area contributed by atoms with E-state index >= 15 is 0 Å². The molecule has 2 N–H and O–H groups in total. The van der Waals surface area contributed by atoms with Crippen molar-refractivity contribution >= 4 is 11.6 Å². The summed E-state index contributed by atoms with van der Waals surface area (Å²) in [4.78, 5) is 16.3. The van der Waals surface area contributed by atoms with Crippen LogP contribution in [-0.2, 0) is 11.3 Å². The van der Waals surface area contributed by atoms with E-state index in [0.29, 0.717) is 12.6 Å². The molecule has 1 amide bonds. The van der Waals surface area contributed by atoms with Crippen LogP contribution in [0.25, 0.3) is 0 Å². The molecule has 2 atom stereocenters. The van der Waals surface area contributed by atoms with Crippen molar-refractivity contribution in [3.05, 3.63) is 29.8 Å². The number of benzene rings is 1. The van der Waals surface area contributed by atoms with Crippen molar-refractivity contribution in [1.29, 1.82) is 0 Å². The standard InChI is InChI=1S/C13H17N3O/c1-15-8-11-6-12(15)13(17)16(11)10-4-2-3-9(5-10)7-14/h2-5,11-12H,6-8,14H2,1H3. The monoisotopic (exact) mass is 231 g/mol. The van der Waals surface area contributed by atoms with E-state index < -0.39 is 0 Å². The Morgan fingerprint density at radius 3 is 2.94 bits per heavy atom. The largest absolute Gasteiger partial charge is 0.326 e. The van der Waals surface area contributed by atoms with Crippen LogP contribution >= 0.6 is 0 Å². The summed E-state index contributed by atoms with van der Waals surface area (Å²) in [5, 5.41) is 0. The van der Waals surface area contributed by atoms with Crippen LogP contribution in [-0.4, -0.2) is 36.5 Å². The van der Waals surface area contributed by atoms with Gasteiger partial charge in [0.05, 0.1) is 12.1 Å². The van der Waals surface area contributed by atoms with Gasteiger partial charge in [-0.2, -0.15) is 0 Å². The van der Waals surface area contributed by atoms with Gasteiger partial charge in [-0.05, 0) is 31.2 Å². The van der Waals surface area contributed by atoms with Crippen molar-refractivity contribution in [2.75, 3.05) is 18.5 Å². The van der Waals surface area contributed by atoms with Crippen molar-refractivity contribution < 1.29 is 4.79 Å². The van der Waals surface area contributed by atoms with Crippen LogP contribution in [0.1, 0.15) is 12.0 Å². The first-order valence-corrected chi connectivity index (χ1v) is 6.03. The molecule has 0 aliphatic carbocycles. The van der Waals surface area contributed by atoms with Gasteiger partial charge in [0.1, 0.15) is 0 Å². The Bertz CT molecular complexity index is 460. The third-order valence-corrected chi connectivity index (χ3v) is 3.84. The van der Waals surface area contributed by atoms with Crippen LogP contribution in [0.3, 0.4) is 0 Å². The van der Waals surface area contributed by atoms with Crippen LogP contribution in [0, 0.1) is 0 Å². The predicted molar refractivity (Wildman–Crippen MR) is 66.6 cm³/mol. The van der Waals surface area contributed by atoms with Gasteiger partial charge in [-0.25, -0.2) is 0 Å². The lowest BCUT2D eigenvalue weighted by atomic mass is 10.1. The highest BCUT2D eigenvalue weighted by Gasteiger charge is 2.48. The molecular weight excluding hydrogens is 214 g/mol. The molecule has 2 saturated heterocycles. The second kappa shape index (κ2) is 3.82. The number of hydrogen-bond acceptors (Lipinski definition) is 3. The minimum atomic E-state index is 0.0848. The second-order valence-corrected chi connectivity index (χ2v) is 4.93. The normalized spacial score (nSPS) is 28.1. The Morgan fingerprint density at radius 1 is 1.47 bits per heavy atom. The molecular formula is C13H17N3O. The number of anilines is 1. The van der Waals surface area contributed by atoms with E-state index in [4.69, 9.17) is 5.73 Å². The summed E-state index contributed by atoms with van der Waals surface area (Å²) in [5.41, 5.74) is 7.71. The lowest BCUT2D eigenvalue weighted by Gasteiger charge is -2.31. The number of piperazine rings is 1. The molecule has 2 heterocycles. The summed E-state index contributed by atoms with van der Waals surface area (Å²) in [5.74, 6) is 0.234. The Morgan fingerprint density at radius 2 is 2.29 bits per heavy atom. The maximum absolute atomic E-state index is 12.2. The van der Waals surface area contributed by atoms with Gasteiger partial charge in [-0.15, -0.1) is 0 Å². The van der Waals surface area contributed by atoms with Gasteiger partial charge < -0.3 is 10.6 Å². The molecule has 2 bridgehead atoms. The zero-order valence-electron chi connectivity index (χ0n) is 9.97. The first-order valence-electron chi connectivity index (χ1n) is 6.03. The summed E-state index contributed by atoms with van der Waals surface area (Å²) in [6.45, 7) is 1.49. The number of fused-ring (bicyclic) bond motifs is 2. The van der Waals surface area contributed by atoms with Crippen molar-refractivity contribution in [3.63, 3.8) is 0 Å². The molecule has 1 aromatic carbocycles. The van der Waals surface area contributed by atoms with Gasteiger partial charge >= 0.3 is 0 Å². The molecule has 2 aliphatic rings. The molecule has 4 nitrogen and oxygen atoms in total. The van der Waals surface area contributed by atoms with Crippen molar-refractivity contribution in [2.24, 2.45) is 5.73 Å². The van der Waals surface area contributed by atoms with Gasteiger partial charge in [-0.1, -0.05) is 12.1 Å². The summed E-state index contributed by atoms with van der Waals surface area (Å²) in [7, 11) is 2.02. The van der Waals surface area contributed by atoms with Crippen molar-refractivity contribution in [3.8, 4) is 0 Å². The third-order valence-electron chi connectivity index (χ3n) is 3.84. The highest BCUT2D eigenvalue weighted by atomic mass is 16.2. The fourth-order valence-corrected chi connectivity index (χ4v) is 2.96. The van der Waals surface area contributed by atoms with E-state index in [1.165, 1.54) is 0 Å². The molecule has 3 rings (SSSR count). The van der Waals surface area contributed by atoms with E-state index in [2.05, 4.69) is 4.90 Å². The highest BCUT2D eigenvalue weighted by molar-refractivity contribution is 6.01. The quantitative estimate of drug-likeness (QED) is 0.809. The average molecular weight is 231 g/mol. The van der Waals surface area contributed by atoms with Crippen molar-refractivity contribution in [1.82, 2.24) is 4.90 Å². The van der Waals surface area contributed by atoms with Crippen LogP contribution in [0.15, 0.2) is 24.3 Å². The molecule has 2 aliphatic heterocycles. The minimum Gasteiger partial charge on any atom is -0.326 e. The summed E-state index contributed by atoms with van der Waals surface area (Å²) in [6.07, 6.45) is 0.961. The van der Waals surface area contributed by atoms with Crippen molar-refractivity contribution in [2.45, 2.75) is 25.0 Å². The lowest BCUT2D eigenvalue weighted by Crippen LogP contribution is -2.48. The number of nitrogens with two attached hydrogens (primary N) is 1. The fourth-order valence-electron chi connectivity index (χ4n) is 2.96. The number of rotatable bonds is 2. The summed E-state index contributed by atoms with van der Waals surface area (Å²) in [6, 6.07) is 8.41. The third kappa shape index (κ3) is 1.56. The Kier molecular flexibility index (Phi) is 2.42. The van der Waals surface area contributed by atoms with E-state index in [1.807, 2.05) is 36.2 Å². The smallest absolute Gasteiger partial charge is 0.244 e. The first-order chi connectivity index (χ1) is 8.20. The maximum atomic E-state index is 12.2. The van der Waals surface area contributed by atoms with Crippen LogP contribution in [0.4, 0.5) is 5.69 Å². The zero-order chi connectivity index (χ0) is 12.0. The molecule has 2 fully saturated rings. The van der Waals surface area contributed by atoms with Crippen LogP contribution < -0.4 is 10.6 Å². The Labute approximate surface area is 101 Å². The van der Waals surface area contributed by atoms with Gasteiger partial charge in [0, 0.05) is 18.8 Å². The van der Waals surface area contributed by atoms with Gasteiger partial charge in [-0.3, -0.25) is 9.69 Å². The number of amides is 1. The summed E-state index contributed by atoms with van der Waals surface area (Å²) >= 11 is 0. The minimum absolute atomic E-state index is 0.0848. The summed E-state index contributed by atoms with van der Waals surface area (Å²) < 4.78 is 0. The molecule has 0 spiro atoms. The topological polar surface area (TPSA) is 49.6 Å². The van der Waals surface area contributed by atoms with Crippen LogP contribution in [0.5, 0.6) is 0 Å². The van der Waals surface area contributed by atoms with E-state index in [9.17, 15) is 4.79 Å². The molecule has 0 radical (unpaired) electrons. The number of likely N-dealkylation sites (N-methyl/N-ethyl adjacent to an activating group) is 1. The second-order valence-electron chi connectivity index (χ2n) is 4.93. The lowest BCUT2D eigenvalue weighted by molar-refractivity contribution is -0.122. The van der Waals surface area contributed by atoms with Gasteiger partial charge in [0.2, 0.25) is 5.91 Å². The van der Waals surface area contributed by atoms with E-state index in [-0.39, 0.29) is 11.9 Å². The molecule has 90 valence electrons. The Balaban J connectivity index is 1.93. The molecule has 0 saturated carbocycles. The van der Waals surface area contributed by atoms with Gasteiger partial charge in [0.25, 0.3) is 0 Å².